The quantitative estimate of drug-likeness (QED) is 0.777. The summed E-state index contributed by atoms with van der Waals surface area (Å²) in [5, 5.41) is 3.31. The monoisotopic (exact) mass is 287 g/mol. The highest BCUT2D eigenvalue weighted by molar-refractivity contribution is 5.27. The van der Waals surface area contributed by atoms with Gasteiger partial charge in [0.25, 0.3) is 0 Å². The third-order valence-corrected chi connectivity index (χ3v) is 3.77. The average Bonchev–Trinajstić information content (AvgIpc) is 3.14. The Hall–Kier alpha value is -1.07. The Bertz CT molecular complexity index is 441. The van der Waals surface area contributed by atoms with Gasteiger partial charge in [-0.1, -0.05) is 18.2 Å². The number of nitrogens with one attached hydrogen (secondary N) is 1. The molecule has 0 atom stereocenters. The van der Waals surface area contributed by atoms with Gasteiger partial charge in [-0.05, 0) is 36.3 Å². The van der Waals surface area contributed by atoms with Crippen LogP contribution in [0.2, 0.25) is 0 Å². The zero-order valence-electron chi connectivity index (χ0n) is 11.6. The molecular weight excluding hydrogens is 267 g/mol. The number of halogens is 3. The Balaban J connectivity index is 1.93. The fourth-order valence-electron chi connectivity index (χ4n) is 2.41. The van der Waals surface area contributed by atoms with Crippen molar-refractivity contribution in [3.05, 3.63) is 35.4 Å². The van der Waals surface area contributed by atoms with E-state index in [0.29, 0.717) is 13.0 Å². The van der Waals surface area contributed by atoms with Crippen LogP contribution in [-0.4, -0.2) is 26.8 Å². The van der Waals surface area contributed by atoms with Gasteiger partial charge in [-0.15, -0.1) is 0 Å². The summed E-state index contributed by atoms with van der Waals surface area (Å²) in [7, 11) is 1.65. The molecule has 5 heteroatoms. The zero-order valence-corrected chi connectivity index (χ0v) is 11.6. The van der Waals surface area contributed by atoms with Crippen molar-refractivity contribution in [2.24, 2.45) is 5.41 Å². The molecule has 1 aromatic rings. The van der Waals surface area contributed by atoms with E-state index in [1.165, 1.54) is 12.1 Å². The van der Waals surface area contributed by atoms with Crippen LogP contribution in [0.5, 0.6) is 0 Å². The van der Waals surface area contributed by atoms with E-state index in [1.807, 2.05) is 0 Å². The fraction of sp³-hybridized carbons (Fsp3) is 0.600. The molecule has 2 rings (SSSR count). The number of alkyl halides is 3. The summed E-state index contributed by atoms with van der Waals surface area (Å²) in [6.07, 6.45) is -1.41. The van der Waals surface area contributed by atoms with Crippen molar-refractivity contribution in [3.63, 3.8) is 0 Å². The lowest BCUT2D eigenvalue weighted by atomic mass is 9.95. The lowest BCUT2D eigenvalue weighted by molar-refractivity contribution is -0.137. The van der Waals surface area contributed by atoms with Gasteiger partial charge >= 0.3 is 6.18 Å². The molecular formula is C15H20F3NO. The van der Waals surface area contributed by atoms with Gasteiger partial charge in [0.2, 0.25) is 0 Å². The number of methoxy groups -OCH3 is 1. The summed E-state index contributed by atoms with van der Waals surface area (Å²) < 4.78 is 43.0. The Morgan fingerprint density at radius 2 is 2.05 bits per heavy atom. The molecule has 1 aliphatic rings. The minimum atomic E-state index is -4.26. The van der Waals surface area contributed by atoms with Crippen molar-refractivity contribution in [2.45, 2.75) is 25.4 Å². The van der Waals surface area contributed by atoms with E-state index in [9.17, 15) is 13.2 Å². The van der Waals surface area contributed by atoms with Crippen LogP contribution in [-0.2, 0) is 17.3 Å². The van der Waals surface area contributed by atoms with Gasteiger partial charge in [0, 0.05) is 20.2 Å². The molecule has 0 spiro atoms. The molecule has 1 aromatic carbocycles. The number of rotatable bonds is 7. The molecule has 0 heterocycles. The normalized spacial score (nSPS) is 17.2. The molecule has 112 valence electrons. The van der Waals surface area contributed by atoms with Gasteiger partial charge in [-0.2, -0.15) is 13.2 Å². The highest BCUT2D eigenvalue weighted by atomic mass is 19.4. The molecule has 0 aromatic heterocycles. The van der Waals surface area contributed by atoms with Gasteiger partial charge in [-0.25, -0.2) is 0 Å². The summed E-state index contributed by atoms with van der Waals surface area (Å²) in [5.74, 6) is 0. The zero-order chi connectivity index (χ0) is 14.6. The first-order valence-corrected chi connectivity index (χ1v) is 6.81. The number of ether oxygens (including phenoxy) is 1. The summed E-state index contributed by atoms with van der Waals surface area (Å²) in [5.41, 5.74) is 0.349. The van der Waals surface area contributed by atoms with E-state index in [2.05, 4.69) is 5.32 Å². The van der Waals surface area contributed by atoms with Crippen LogP contribution < -0.4 is 5.32 Å². The minimum absolute atomic E-state index is 0.137. The fourth-order valence-corrected chi connectivity index (χ4v) is 2.41. The van der Waals surface area contributed by atoms with Gasteiger partial charge in [0.1, 0.15) is 0 Å². The van der Waals surface area contributed by atoms with Crippen LogP contribution in [0.3, 0.4) is 0 Å². The van der Waals surface area contributed by atoms with Crippen molar-refractivity contribution in [3.8, 4) is 0 Å². The van der Waals surface area contributed by atoms with Gasteiger partial charge in [-0.3, -0.25) is 0 Å². The SMILES string of the molecule is COCCNCC1(Cc2cccc(C(F)(F)F)c2)CC1. The van der Waals surface area contributed by atoms with Crippen LogP contribution in [0.25, 0.3) is 0 Å². The van der Waals surface area contributed by atoms with Crippen LogP contribution >= 0.6 is 0 Å². The van der Waals surface area contributed by atoms with E-state index in [-0.39, 0.29) is 5.41 Å². The van der Waals surface area contributed by atoms with Crippen molar-refractivity contribution >= 4 is 0 Å². The van der Waals surface area contributed by atoms with Crippen molar-refractivity contribution in [1.29, 1.82) is 0 Å². The van der Waals surface area contributed by atoms with Crippen LogP contribution in [0, 0.1) is 5.41 Å². The first-order chi connectivity index (χ1) is 9.45. The highest BCUT2D eigenvalue weighted by Gasteiger charge is 2.42. The third-order valence-electron chi connectivity index (χ3n) is 3.77. The standard InChI is InChI=1S/C15H20F3NO/c1-20-8-7-19-11-14(5-6-14)10-12-3-2-4-13(9-12)15(16,17)18/h2-4,9,19H,5-8,10-11H2,1H3. The predicted molar refractivity (Wildman–Crippen MR) is 71.6 cm³/mol. The van der Waals surface area contributed by atoms with E-state index in [1.54, 1.807) is 13.2 Å². The maximum atomic E-state index is 12.7. The van der Waals surface area contributed by atoms with Gasteiger partial charge < -0.3 is 10.1 Å². The topological polar surface area (TPSA) is 21.3 Å². The minimum Gasteiger partial charge on any atom is -0.383 e. The number of hydrogen-bond donors (Lipinski definition) is 1. The Morgan fingerprint density at radius 1 is 1.30 bits per heavy atom. The molecule has 20 heavy (non-hydrogen) atoms. The van der Waals surface area contributed by atoms with E-state index in [0.717, 1.165) is 37.6 Å². The van der Waals surface area contributed by atoms with Gasteiger partial charge in [0.05, 0.1) is 12.2 Å². The first-order valence-electron chi connectivity index (χ1n) is 6.81. The largest absolute Gasteiger partial charge is 0.416 e. The van der Waals surface area contributed by atoms with Crippen LogP contribution in [0.4, 0.5) is 13.2 Å². The molecule has 0 unspecified atom stereocenters. The molecule has 0 radical (unpaired) electrons. The highest BCUT2D eigenvalue weighted by Crippen LogP contribution is 2.48. The molecule has 2 nitrogen and oxygen atoms in total. The summed E-state index contributed by atoms with van der Waals surface area (Å²) >= 11 is 0. The lowest BCUT2D eigenvalue weighted by Crippen LogP contribution is -2.28. The molecule has 1 saturated carbocycles. The Labute approximate surface area is 117 Å². The smallest absolute Gasteiger partial charge is 0.383 e. The lowest BCUT2D eigenvalue weighted by Gasteiger charge is -2.17. The van der Waals surface area contributed by atoms with E-state index < -0.39 is 11.7 Å². The average molecular weight is 287 g/mol. The first kappa shape index (κ1) is 15.3. The second kappa shape index (κ2) is 6.14. The summed E-state index contributed by atoms with van der Waals surface area (Å²) in [6, 6.07) is 5.67. The molecule has 0 aliphatic heterocycles. The second-order valence-corrected chi connectivity index (χ2v) is 5.54. The third kappa shape index (κ3) is 4.21. The predicted octanol–water partition coefficient (Wildman–Crippen LogP) is 3.26. The molecule has 0 amide bonds. The van der Waals surface area contributed by atoms with Crippen LogP contribution in [0.15, 0.2) is 24.3 Å². The second-order valence-electron chi connectivity index (χ2n) is 5.54. The summed E-state index contributed by atoms with van der Waals surface area (Å²) in [4.78, 5) is 0. The summed E-state index contributed by atoms with van der Waals surface area (Å²) in [6.45, 7) is 2.27. The number of benzene rings is 1. The van der Waals surface area contributed by atoms with Crippen molar-refractivity contribution in [1.82, 2.24) is 5.32 Å². The molecule has 1 fully saturated rings. The maximum Gasteiger partial charge on any atom is 0.416 e. The van der Waals surface area contributed by atoms with E-state index in [4.69, 9.17) is 4.74 Å². The van der Waals surface area contributed by atoms with E-state index >= 15 is 0 Å². The van der Waals surface area contributed by atoms with Gasteiger partial charge in [0.15, 0.2) is 0 Å². The molecule has 0 bridgehead atoms. The molecule has 1 N–H and O–H groups in total. The maximum absolute atomic E-state index is 12.7. The van der Waals surface area contributed by atoms with Crippen molar-refractivity contribution < 1.29 is 17.9 Å². The Kier molecular flexibility index (Phi) is 4.70. The Morgan fingerprint density at radius 3 is 2.65 bits per heavy atom. The van der Waals surface area contributed by atoms with Crippen LogP contribution in [0.1, 0.15) is 24.0 Å². The van der Waals surface area contributed by atoms with Crippen molar-refractivity contribution in [2.75, 3.05) is 26.8 Å². The molecule has 1 aliphatic carbocycles. The number of hydrogen-bond acceptors (Lipinski definition) is 2. The molecule has 0 saturated heterocycles.